The van der Waals surface area contributed by atoms with Gasteiger partial charge in [0.15, 0.2) is 11.5 Å². The molecule has 0 aromatic heterocycles. The van der Waals surface area contributed by atoms with Gasteiger partial charge >= 0.3 is 0 Å². The van der Waals surface area contributed by atoms with Gasteiger partial charge in [0.1, 0.15) is 6.61 Å². The Bertz CT molecular complexity index is 887. The molecule has 0 unspecified atom stereocenters. The van der Waals surface area contributed by atoms with Gasteiger partial charge in [0.2, 0.25) is 0 Å². The maximum absolute atomic E-state index is 12.2. The van der Waals surface area contributed by atoms with E-state index in [2.05, 4.69) is 11.9 Å². The Kier molecular flexibility index (Phi) is 7.39. The van der Waals surface area contributed by atoms with E-state index in [1.165, 1.54) is 6.08 Å². The quantitative estimate of drug-likeness (QED) is 0.534. The van der Waals surface area contributed by atoms with Gasteiger partial charge < -0.3 is 24.7 Å². The number of amides is 1. The van der Waals surface area contributed by atoms with Gasteiger partial charge in [-0.3, -0.25) is 4.79 Å². The third-order valence-corrected chi connectivity index (χ3v) is 3.56. The van der Waals surface area contributed by atoms with E-state index < -0.39 is 11.9 Å². The van der Waals surface area contributed by atoms with Crippen molar-refractivity contribution in [2.75, 3.05) is 13.2 Å². The number of aliphatic carboxylic acids is 1. The molecule has 0 aliphatic carbocycles. The highest BCUT2D eigenvalue weighted by atomic mass is 16.5. The first-order valence-corrected chi connectivity index (χ1v) is 8.74. The molecule has 2 aromatic carbocycles. The lowest BCUT2D eigenvalue weighted by molar-refractivity contribution is -0.299. The van der Waals surface area contributed by atoms with Crippen LogP contribution in [0, 0.1) is 0 Å². The monoisotopic (exact) mass is 380 g/mol. The fraction of sp³-hybridized carbons (Fsp3) is 0.182. The summed E-state index contributed by atoms with van der Waals surface area (Å²) >= 11 is 0. The van der Waals surface area contributed by atoms with E-state index >= 15 is 0 Å². The van der Waals surface area contributed by atoms with Crippen LogP contribution in [0.2, 0.25) is 0 Å². The molecule has 0 aliphatic heterocycles. The number of ether oxygens (including phenoxy) is 2. The Morgan fingerprint density at radius 3 is 2.43 bits per heavy atom. The van der Waals surface area contributed by atoms with Crippen LogP contribution in [0.15, 0.2) is 66.4 Å². The summed E-state index contributed by atoms with van der Waals surface area (Å²) in [4.78, 5) is 23.7. The molecule has 0 radical (unpaired) electrons. The zero-order chi connectivity index (χ0) is 20.5. The minimum absolute atomic E-state index is 0.340. The van der Waals surface area contributed by atoms with E-state index in [0.717, 1.165) is 5.57 Å². The molecule has 6 nitrogen and oxygen atoms in total. The van der Waals surface area contributed by atoms with Crippen molar-refractivity contribution < 1.29 is 24.2 Å². The number of carboxylic acids is 1. The highest BCUT2D eigenvalue weighted by Gasteiger charge is 2.10. The summed E-state index contributed by atoms with van der Waals surface area (Å²) in [5, 5.41) is 13.8. The molecule has 28 heavy (non-hydrogen) atoms. The smallest absolute Gasteiger partial charge is 0.255 e. The highest BCUT2D eigenvalue weighted by molar-refractivity contribution is 6.02. The third kappa shape index (κ3) is 6.02. The van der Waals surface area contributed by atoms with Crippen LogP contribution in [0.3, 0.4) is 0 Å². The predicted molar refractivity (Wildman–Crippen MR) is 105 cm³/mol. The van der Waals surface area contributed by atoms with E-state index in [0.29, 0.717) is 35.8 Å². The maximum atomic E-state index is 12.2. The Morgan fingerprint density at radius 2 is 1.82 bits per heavy atom. The SMILES string of the molecule is C=C(C)COc1ccc(/C=C(/NC(=O)c2ccccc2)C(=O)[O-])cc1OCC. The molecule has 1 amide bonds. The zero-order valence-electron chi connectivity index (χ0n) is 15.9. The standard InChI is InChI=1S/C22H23NO5/c1-4-27-20-13-16(10-11-19(20)28-14-15(2)3)12-18(22(25)26)23-21(24)17-8-6-5-7-9-17/h5-13H,2,4,14H2,1,3H3,(H,23,24)(H,25,26)/p-1/b18-12+. The van der Waals surface area contributed by atoms with Gasteiger partial charge in [-0.1, -0.05) is 30.8 Å². The molecule has 0 fully saturated rings. The summed E-state index contributed by atoms with van der Waals surface area (Å²) in [6.07, 6.45) is 1.31. The molecule has 0 heterocycles. The van der Waals surface area contributed by atoms with Crippen molar-refractivity contribution in [1.29, 1.82) is 0 Å². The lowest BCUT2D eigenvalue weighted by atomic mass is 10.1. The Balaban J connectivity index is 2.27. The number of carbonyl (C=O) groups is 2. The molecular formula is C22H22NO5-. The minimum Gasteiger partial charge on any atom is -0.543 e. The lowest BCUT2D eigenvalue weighted by Crippen LogP contribution is -2.35. The molecule has 2 aromatic rings. The highest BCUT2D eigenvalue weighted by Crippen LogP contribution is 2.29. The third-order valence-electron chi connectivity index (χ3n) is 3.56. The number of nitrogens with one attached hydrogen (secondary N) is 1. The fourth-order valence-electron chi connectivity index (χ4n) is 2.30. The van der Waals surface area contributed by atoms with E-state index in [1.807, 2.05) is 13.8 Å². The van der Waals surface area contributed by atoms with Gasteiger partial charge in [0.25, 0.3) is 5.91 Å². The lowest BCUT2D eigenvalue weighted by Gasteiger charge is -2.14. The van der Waals surface area contributed by atoms with E-state index in [1.54, 1.807) is 48.5 Å². The first kappa shape index (κ1) is 20.8. The number of hydrogen-bond donors (Lipinski definition) is 1. The first-order chi connectivity index (χ1) is 13.4. The second-order valence-electron chi connectivity index (χ2n) is 6.05. The Labute approximate surface area is 164 Å². The van der Waals surface area contributed by atoms with Crippen LogP contribution in [0.1, 0.15) is 29.8 Å². The summed E-state index contributed by atoms with van der Waals surface area (Å²) < 4.78 is 11.2. The van der Waals surface area contributed by atoms with E-state index in [4.69, 9.17) is 9.47 Å². The maximum Gasteiger partial charge on any atom is 0.255 e. The van der Waals surface area contributed by atoms with Crippen molar-refractivity contribution in [2.24, 2.45) is 0 Å². The minimum atomic E-state index is -1.50. The topological polar surface area (TPSA) is 87.7 Å². The number of hydrogen-bond acceptors (Lipinski definition) is 5. The second-order valence-corrected chi connectivity index (χ2v) is 6.05. The van der Waals surface area contributed by atoms with Crippen molar-refractivity contribution in [1.82, 2.24) is 5.32 Å². The summed E-state index contributed by atoms with van der Waals surface area (Å²) in [7, 11) is 0. The molecular weight excluding hydrogens is 358 g/mol. The summed E-state index contributed by atoms with van der Waals surface area (Å²) in [6.45, 7) is 8.22. The van der Waals surface area contributed by atoms with Crippen LogP contribution >= 0.6 is 0 Å². The van der Waals surface area contributed by atoms with Crippen molar-refractivity contribution in [3.05, 3.63) is 77.5 Å². The fourth-order valence-corrected chi connectivity index (χ4v) is 2.30. The van der Waals surface area contributed by atoms with Crippen molar-refractivity contribution in [2.45, 2.75) is 13.8 Å². The van der Waals surface area contributed by atoms with Gasteiger partial charge in [-0.15, -0.1) is 0 Å². The normalized spacial score (nSPS) is 10.9. The van der Waals surface area contributed by atoms with Crippen molar-refractivity contribution in [3.8, 4) is 11.5 Å². The first-order valence-electron chi connectivity index (χ1n) is 8.74. The molecule has 0 atom stereocenters. The summed E-state index contributed by atoms with van der Waals surface area (Å²) in [6, 6.07) is 13.3. The van der Waals surface area contributed by atoms with E-state index in [-0.39, 0.29) is 5.70 Å². The van der Waals surface area contributed by atoms with Crippen LogP contribution in [-0.4, -0.2) is 25.1 Å². The van der Waals surface area contributed by atoms with Crippen LogP contribution in [0.5, 0.6) is 11.5 Å². The van der Waals surface area contributed by atoms with Crippen LogP contribution < -0.4 is 19.9 Å². The average molecular weight is 380 g/mol. The molecule has 0 saturated carbocycles. The van der Waals surface area contributed by atoms with Gasteiger partial charge in [0, 0.05) is 5.56 Å². The molecule has 0 saturated heterocycles. The van der Waals surface area contributed by atoms with Crippen LogP contribution in [0.4, 0.5) is 0 Å². The molecule has 6 heteroatoms. The molecule has 1 N–H and O–H groups in total. The van der Waals surface area contributed by atoms with Gasteiger partial charge in [-0.2, -0.15) is 0 Å². The Morgan fingerprint density at radius 1 is 1.11 bits per heavy atom. The van der Waals surface area contributed by atoms with Gasteiger partial charge in [-0.25, -0.2) is 0 Å². The average Bonchev–Trinajstić information content (AvgIpc) is 2.67. The number of carboxylic acid groups (broad SMARTS) is 1. The number of rotatable bonds is 9. The second kappa shape index (κ2) is 9.97. The number of benzene rings is 2. The molecule has 0 spiro atoms. The van der Waals surface area contributed by atoms with Crippen LogP contribution in [0.25, 0.3) is 6.08 Å². The molecule has 2 rings (SSSR count). The van der Waals surface area contributed by atoms with Gasteiger partial charge in [-0.05, 0) is 55.3 Å². The Hall–Kier alpha value is -3.54. The van der Waals surface area contributed by atoms with Crippen molar-refractivity contribution in [3.63, 3.8) is 0 Å². The predicted octanol–water partition coefficient (Wildman–Crippen LogP) is 2.56. The largest absolute Gasteiger partial charge is 0.543 e. The number of carbonyl (C=O) groups excluding carboxylic acids is 2. The van der Waals surface area contributed by atoms with Crippen LogP contribution in [-0.2, 0) is 4.79 Å². The molecule has 146 valence electrons. The van der Waals surface area contributed by atoms with Gasteiger partial charge in [0.05, 0.1) is 18.3 Å². The van der Waals surface area contributed by atoms with Crippen molar-refractivity contribution >= 4 is 18.0 Å². The summed E-state index contributed by atoms with van der Waals surface area (Å²) in [5.41, 5.74) is 1.35. The molecule has 0 aliphatic rings. The molecule has 0 bridgehead atoms. The van der Waals surface area contributed by atoms with E-state index in [9.17, 15) is 14.7 Å². The zero-order valence-corrected chi connectivity index (χ0v) is 15.9. The summed E-state index contributed by atoms with van der Waals surface area (Å²) in [5.74, 6) is -1.05.